The lowest BCUT2D eigenvalue weighted by Crippen LogP contribution is -2.30. The molecule has 0 saturated heterocycles. The van der Waals surface area contributed by atoms with E-state index in [0.29, 0.717) is 18.8 Å². The van der Waals surface area contributed by atoms with Crippen molar-refractivity contribution in [2.45, 2.75) is 18.7 Å². The van der Waals surface area contributed by atoms with Crippen molar-refractivity contribution in [2.75, 3.05) is 18.4 Å². The van der Waals surface area contributed by atoms with Gasteiger partial charge in [0, 0.05) is 24.9 Å². The number of aromatic nitrogens is 1. The van der Waals surface area contributed by atoms with Crippen molar-refractivity contribution in [2.24, 2.45) is 0 Å². The maximum absolute atomic E-state index is 12.5. The van der Waals surface area contributed by atoms with Gasteiger partial charge in [-0.25, -0.2) is 13.4 Å². The standard InChI is InChI=1S/C20H21N3O3S2/c1-3-23(4-2)28(25,26)16-11-9-15(10-12-16)21-19(24)13-14-20-22-17-7-5-6-8-18(17)27-20/h5-14H,3-4H2,1-2H3,(H,21,24)/b14-13+. The minimum absolute atomic E-state index is 0.208. The van der Waals surface area contributed by atoms with Gasteiger partial charge in [-0.2, -0.15) is 4.31 Å². The number of fused-ring (bicyclic) bond motifs is 1. The smallest absolute Gasteiger partial charge is 0.248 e. The number of carbonyl (C=O) groups is 1. The van der Waals surface area contributed by atoms with Gasteiger partial charge in [-0.15, -0.1) is 11.3 Å². The van der Waals surface area contributed by atoms with Gasteiger partial charge in [0.05, 0.1) is 15.1 Å². The summed E-state index contributed by atoms with van der Waals surface area (Å²) in [6.07, 6.45) is 3.08. The normalized spacial score (nSPS) is 12.1. The number of nitrogens with one attached hydrogen (secondary N) is 1. The number of hydrogen-bond donors (Lipinski definition) is 1. The van der Waals surface area contributed by atoms with Crippen LogP contribution in [0.2, 0.25) is 0 Å². The molecule has 3 aromatic rings. The predicted molar refractivity (Wildman–Crippen MR) is 114 cm³/mol. The highest BCUT2D eigenvalue weighted by molar-refractivity contribution is 7.89. The molecule has 1 amide bonds. The van der Waals surface area contributed by atoms with Gasteiger partial charge in [0.1, 0.15) is 5.01 Å². The first-order valence-corrected chi connectivity index (χ1v) is 11.1. The SMILES string of the molecule is CCN(CC)S(=O)(=O)c1ccc(NC(=O)/C=C/c2nc3ccccc3s2)cc1. The summed E-state index contributed by atoms with van der Waals surface area (Å²) in [6.45, 7) is 4.42. The number of anilines is 1. The molecule has 8 heteroatoms. The summed E-state index contributed by atoms with van der Waals surface area (Å²) in [6, 6.07) is 14.0. The van der Waals surface area contributed by atoms with Gasteiger partial charge in [-0.05, 0) is 42.5 Å². The summed E-state index contributed by atoms with van der Waals surface area (Å²) in [5.74, 6) is -0.307. The lowest BCUT2D eigenvalue weighted by molar-refractivity contribution is -0.111. The number of hydrogen-bond acceptors (Lipinski definition) is 5. The van der Waals surface area contributed by atoms with E-state index < -0.39 is 10.0 Å². The van der Waals surface area contributed by atoms with E-state index in [1.54, 1.807) is 32.1 Å². The molecule has 0 radical (unpaired) electrons. The molecule has 146 valence electrons. The van der Waals surface area contributed by atoms with Crippen LogP contribution in [0.5, 0.6) is 0 Å². The minimum Gasteiger partial charge on any atom is -0.323 e. The largest absolute Gasteiger partial charge is 0.323 e. The van der Waals surface area contributed by atoms with Crippen LogP contribution in [0.1, 0.15) is 18.9 Å². The average molecular weight is 416 g/mol. The molecule has 6 nitrogen and oxygen atoms in total. The Labute approximate surface area is 168 Å². The zero-order valence-electron chi connectivity index (χ0n) is 15.6. The first-order chi connectivity index (χ1) is 13.4. The molecule has 1 heterocycles. The number of carbonyl (C=O) groups excluding carboxylic acids is 1. The van der Waals surface area contributed by atoms with Gasteiger partial charge in [-0.1, -0.05) is 26.0 Å². The fourth-order valence-electron chi connectivity index (χ4n) is 2.72. The quantitative estimate of drug-likeness (QED) is 0.592. The molecule has 0 aliphatic rings. The van der Waals surface area contributed by atoms with Crippen LogP contribution in [0.4, 0.5) is 5.69 Å². The van der Waals surface area contributed by atoms with Gasteiger partial charge in [0.2, 0.25) is 15.9 Å². The topological polar surface area (TPSA) is 79.4 Å². The molecule has 0 unspecified atom stereocenters. The first-order valence-electron chi connectivity index (χ1n) is 8.89. The van der Waals surface area contributed by atoms with Crippen molar-refractivity contribution < 1.29 is 13.2 Å². The second-order valence-electron chi connectivity index (χ2n) is 5.96. The maximum Gasteiger partial charge on any atom is 0.248 e. The van der Waals surface area contributed by atoms with Crippen molar-refractivity contribution in [3.05, 3.63) is 59.6 Å². The Morgan fingerprint density at radius 3 is 2.43 bits per heavy atom. The summed E-state index contributed by atoms with van der Waals surface area (Å²) in [7, 11) is -3.51. The number of nitrogens with zero attached hydrogens (tertiary/aromatic N) is 2. The highest BCUT2D eigenvalue weighted by Crippen LogP contribution is 2.22. The van der Waals surface area contributed by atoms with Crippen LogP contribution in [0.25, 0.3) is 16.3 Å². The Hall–Kier alpha value is -2.55. The average Bonchev–Trinajstić information content (AvgIpc) is 3.10. The monoisotopic (exact) mass is 415 g/mol. The molecular formula is C20H21N3O3S2. The van der Waals surface area contributed by atoms with E-state index in [9.17, 15) is 13.2 Å². The van der Waals surface area contributed by atoms with Gasteiger partial charge in [-0.3, -0.25) is 4.79 Å². The summed E-state index contributed by atoms with van der Waals surface area (Å²) < 4.78 is 27.4. The van der Waals surface area contributed by atoms with Crippen LogP contribution in [-0.2, 0) is 14.8 Å². The van der Waals surface area contributed by atoms with Crippen molar-refractivity contribution in [1.29, 1.82) is 0 Å². The predicted octanol–water partition coefficient (Wildman–Crippen LogP) is 3.98. The number of benzene rings is 2. The summed E-state index contributed by atoms with van der Waals surface area (Å²) in [4.78, 5) is 16.8. The molecule has 1 aromatic heterocycles. The summed E-state index contributed by atoms with van der Waals surface area (Å²) >= 11 is 1.51. The van der Waals surface area contributed by atoms with Crippen LogP contribution in [0, 0.1) is 0 Å². The Balaban J connectivity index is 1.67. The number of amides is 1. The first kappa shape index (κ1) is 20.2. The second kappa shape index (κ2) is 8.64. The molecule has 0 aliphatic heterocycles. The molecule has 0 aliphatic carbocycles. The van der Waals surface area contributed by atoms with Crippen LogP contribution in [0.3, 0.4) is 0 Å². The zero-order valence-corrected chi connectivity index (χ0v) is 17.3. The number of rotatable bonds is 7. The molecule has 0 bridgehead atoms. The van der Waals surface area contributed by atoms with Crippen molar-refractivity contribution in [3.8, 4) is 0 Å². The Morgan fingerprint density at radius 1 is 1.11 bits per heavy atom. The van der Waals surface area contributed by atoms with Gasteiger partial charge in [0.15, 0.2) is 0 Å². The van der Waals surface area contributed by atoms with Crippen molar-refractivity contribution >= 4 is 49.2 Å². The van der Waals surface area contributed by atoms with E-state index in [4.69, 9.17) is 0 Å². The van der Waals surface area contributed by atoms with E-state index in [1.165, 1.54) is 33.9 Å². The number of thiazole rings is 1. The number of para-hydroxylation sites is 1. The van der Waals surface area contributed by atoms with E-state index in [-0.39, 0.29) is 10.8 Å². The molecule has 0 saturated carbocycles. The lowest BCUT2D eigenvalue weighted by Gasteiger charge is -2.18. The van der Waals surface area contributed by atoms with Gasteiger partial charge in [0.25, 0.3) is 0 Å². The summed E-state index contributed by atoms with van der Waals surface area (Å²) in [5, 5.41) is 3.47. The second-order valence-corrected chi connectivity index (χ2v) is 8.96. The summed E-state index contributed by atoms with van der Waals surface area (Å²) in [5.41, 5.74) is 1.43. The zero-order chi connectivity index (χ0) is 20.1. The highest BCUT2D eigenvalue weighted by atomic mass is 32.2. The lowest BCUT2D eigenvalue weighted by atomic mass is 10.3. The number of sulfonamides is 1. The van der Waals surface area contributed by atoms with Crippen LogP contribution in [0.15, 0.2) is 59.5 Å². The third-order valence-corrected chi connectivity index (χ3v) is 7.22. The Bertz CT molecular complexity index is 1070. The maximum atomic E-state index is 12.5. The van der Waals surface area contributed by atoms with Crippen LogP contribution >= 0.6 is 11.3 Å². The van der Waals surface area contributed by atoms with Crippen molar-refractivity contribution in [1.82, 2.24) is 9.29 Å². The fourth-order valence-corrected chi connectivity index (χ4v) is 5.04. The molecule has 0 spiro atoms. The van der Waals surface area contributed by atoms with Crippen LogP contribution in [-0.4, -0.2) is 36.7 Å². The Morgan fingerprint density at radius 2 is 1.79 bits per heavy atom. The molecule has 2 aromatic carbocycles. The highest BCUT2D eigenvalue weighted by Gasteiger charge is 2.21. The molecule has 28 heavy (non-hydrogen) atoms. The molecule has 1 N–H and O–H groups in total. The molecular weight excluding hydrogens is 394 g/mol. The van der Waals surface area contributed by atoms with E-state index in [0.717, 1.165) is 15.2 Å². The minimum atomic E-state index is -3.51. The van der Waals surface area contributed by atoms with E-state index >= 15 is 0 Å². The van der Waals surface area contributed by atoms with Gasteiger partial charge >= 0.3 is 0 Å². The third-order valence-electron chi connectivity index (χ3n) is 4.15. The molecule has 3 rings (SSSR count). The van der Waals surface area contributed by atoms with Crippen LogP contribution < -0.4 is 5.32 Å². The molecule has 0 fully saturated rings. The van der Waals surface area contributed by atoms with E-state index in [2.05, 4.69) is 10.3 Å². The molecule has 0 atom stereocenters. The van der Waals surface area contributed by atoms with Crippen molar-refractivity contribution in [3.63, 3.8) is 0 Å². The fraction of sp³-hybridized carbons (Fsp3) is 0.200. The Kier molecular flexibility index (Phi) is 6.23. The van der Waals surface area contributed by atoms with E-state index in [1.807, 2.05) is 24.3 Å². The third kappa shape index (κ3) is 4.46. The van der Waals surface area contributed by atoms with Gasteiger partial charge < -0.3 is 5.32 Å².